The smallest absolute Gasteiger partial charge is 0.332 e. The molecule has 0 saturated carbocycles. The van der Waals surface area contributed by atoms with Crippen LogP contribution in [0.1, 0.15) is 39.5 Å². The number of benzene rings is 1. The standard InChI is InChI=1S/C31H49N7O5S/c1-5-7-14-37(15-8-6-2)30-32-28-27(29(41)34(4)31(42)33(28)3)38(30)22-24(39)20-35-16-18-36(19-17-35)21-25(40)23-44(43)26-12-10-9-11-13-26/h9-13,24-25,39-40H,5-8,14-23H2,1-4H3. The average molecular weight is 632 g/mol. The van der Waals surface area contributed by atoms with Gasteiger partial charge >= 0.3 is 5.69 Å². The molecule has 12 nitrogen and oxygen atoms in total. The number of nitrogens with zero attached hydrogens (tertiary/aromatic N) is 7. The highest BCUT2D eigenvalue weighted by atomic mass is 32.2. The van der Waals surface area contributed by atoms with Crippen LogP contribution >= 0.6 is 0 Å². The van der Waals surface area contributed by atoms with E-state index in [9.17, 15) is 24.0 Å². The molecule has 3 unspecified atom stereocenters. The van der Waals surface area contributed by atoms with E-state index in [-0.39, 0.29) is 12.3 Å². The van der Waals surface area contributed by atoms with E-state index in [1.54, 1.807) is 7.05 Å². The van der Waals surface area contributed by atoms with E-state index < -0.39 is 34.3 Å². The van der Waals surface area contributed by atoms with Crippen LogP contribution in [0.25, 0.3) is 11.2 Å². The monoisotopic (exact) mass is 631 g/mol. The van der Waals surface area contributed by atoms with Crippen LogP contribution in [-0.4, -0.2) is 113 Å². The fourth-order valence-corrected chi connectivity index (χ4v) is 6.88. The number of aryl methyl sites for hydroxylation is 1. The largest absolute Gasteiger partial charge is 0.391 e. The number of imidazole rings is 1. The molecule has 1 saturated heterocycles. The SMILES string of the molecule is CCCCN(CCCC)c1nc2c(c(=O)n(C)c(=O)n2C)n1CC(O)CN1CCN(CC(O)CS(=O)c2ccccc2)CC1. The molecule has 3 atom stereocenters. The lowest BCUT2D eigenvalue weighted by molar-refractivity contribution is 0.0489. The van der Waals surface area contributed by atoms with E-state index in [0.717, 1.165) is 74.4 Å². The van der Waals surface area contributed by atoms with Crippen LogP contribution in [0.4, 0.5) is 5.95 Å². The maximum absolute atomic E-state index is 13.4. The summed E-state index contributed by atoms with van der Waals surface area (Å²) in [5, 5.41) is 21.9. The lowest BCUT2D eigenvalue weighted by atomic mass is 10.2. The molecule has 244 valence electrons. The first-order valence-corrected chi connectivity index (χ1v) is 17.1. The Morgan fingerprint density at radius 1 is 0.864 bits per heavy atom. The number of hydrogen-bond donors (Lipinski definition) is 2. The van der Waals surface area contributed by atoms with Gasteiger partial charge in [0.15, 0.2) is 11.2 Å². The van der Waals surface area contributed by atoms with Gasteiger partial charge in [0.05, 0.1) is 35.3 Å². The van der Waals surface area contributed by atoms with Crippen molar-refractivity contribution in [1.82, 2.24) is 28.5 Å². The second-order valence-corrected chi connectivity index (χ2v) is 13.3. The number of β-amino-alcohol motifs (C(OH)–C–C–N with tert-alkyl or cyclic N) is 2. The third-order valence-electron chi connectivity index (χ3n) is 8.32. The Balaban J connectivity index is 1.43. The van der Waals surface area contributed by atoms with Crippen LogP contribution < -0.4 is 16.1 Å². The summed E-state index contributed by atoms with van der Waals surface area (Å²) in [6, 6.07) is 9.20. The van der Waals surface area contributed by atoms with Crippen molar-refractivity contribution in [2.45, 2.75) is 63.2 Å². The van der Waals surface area contributed by atoms with E-state index in [1.165, 1.54) is 11.6 Å². The van der Waals surface area contributed by atoms with Crippen molar-refractivity contribution in [1.29, 1.82) is 0 Å². The zero-order valence-corrected chi connectivity index (χ0v) is 27.4. The maximum atomic E-state index is 13.4. The molecule has 1 aliphatic heterocycles. The Morgan fingerprint density at radius 2 is 1.43 bits per heavy atom. The van der Waals surface area contributed by atoms with Crippen LogP contribution in [0.3, 0.4) is 0 Å². The van der Waals surface area contributed by atoms with Crippen molar-refractivity contribution in [3.63, 3.8) is 0 Å². The highest BCUT2D eigenvalue weighted by Crippen LogP contribution is 2.22. The minimum atomic E-state index is -1.25. The zero-order chi connectivity index (χ0) is 31.8. The van der Waals surface area contributed by atoms with Crippen LogP contribution in [0.5, 0.6) is 0 Å². The molecule has 1 fully saturated rings. The van der Waals surface area contributed by atoms with Crippen molar-refractivity contribution in [2.24, 2.45) is 14.1 Å². The summed E-state index contributed by atoms with van der Waals surface area (Å²) in [6.45, 7) is 9.77. The van der Waals surface area contributed by atoms with Gasteiger partial charge in [-0.15, -0.1) is 0 Å². The highest BCUT2D eigenvalue weighted by molar-refractivity contribution is 7.85. The lowest BCUT2D eigenvalue weighted by Crippen LogP contribution is -2.51. The fraction of sp³-hybridized carbons (Fsp3) is 0.645. The van der Waals surface area contributed by atoms with Gasteiger partial charge in [0.2, 0.25) is 5.95 Å². The number of aromatic nitrogens is 4. The van der Waals surface area contributed by atoms with Gasteiger partial charge in [-0.25, -0.2) is 4.79 Å². The Kier molecular flexibility index (Phi) is 12.3. The number of fused-ring (bicyclic) bond motifs is 1. The summed E-state index contributed by atoms with van der Waals surface area (Å²) in [5.41, 5.74) is -0.186. The molecule has 1 aliphatic rings. The molecule has 0 radical (unpaired) electrons. The van der Waals surface area contributed by atoms with Crippen LogP contribution in [-0.2, 0) is 31.4 Å². The number of hydrogen-bond acceptors (Lipinski definition) is 9. The second-order valence-electron chi connectivity index (χ2n) is 11.8. The molecule has 4 rings (SSSR count). The van der Waals surface area contributed by atoms with Crippen LogP contribution in [0.2, 0.25) is 0 Å². The molecule has 1 aromatic carbocycles. The van der Waals surface area contributed by atoms with Gasteiger partial charge in [0, 0.05) is 71.3 Å². The first-order chi connectivity index (χ1) is 21.1. The van der Waals surface area contributed by atoms with Crippen molar-refractivity contribution in [3.05, 3.63) is 51.2 Å². The topological polar surface area (TPSA) is 129 Å². The molecule has 0 aliphatic carbocycles. The van der Waals surface area contributed by atoms with Crippen LogP contribution in [0.15, 0.2) is 44.8 Å². The molecule has 3 heterocycles. The molecular formula is C31H49N7O5S. The molecule has 2 aromatic heterocycles. The Bertz CT molecular complexity index is 1490. The van der Waals surface area contributed by atoms with E-state index >= 15 is 0 Å². The normalized spacial score (nSPS) is 16.8. The van der Waals surface area contributed by atoms with Gasteiger partial charge in [0.25, 0.3) is 5.56 Å². The van der Waals surface area contributed by atoms with Crippen molar-refractivity contribution >= 4 is 27.9 Å². The summed E-state index contributed by atoms with van der Waals surface area (Å²) in [6.07, 6.45) is 2.50. The van der Waals surface area contributed by atoms with E-state index in [2.05, 4.69) is 28.5 Å². The Labute approximate surface area is 262 Å². The third kappa shape index (κ3) is 8.25. The molecule has 2 N–H and O–H groups in total. The minimum absolute atomic E-state index is 0.179. The molecule has 13 heteroatoms. The van der Waals surface area contributed by atoms with Crippen LogP contribution in [0, 0.1) is 0 Å². The van der Waals surface area contributed by atoms with E-state index in [4.69, 9.17) is 4.98 Å². The summed E-state index contributed by atoms with van der Waals surface area (Å²) >= 11 is 0. The predicted molar refractivity (Wildman–Crippen MR) is 175 cm³/mol. The van der Waals surface area contributed by atoms with E-state index in [1.807, 2.05) is 34.9 Å². The first kappa shape index (κ1) is 34.0. The van der Waals surface area contributed by atoms with Gasteiger partial charge in [-0.05, 0) is 25.0 Å². The number of aliphatic hydroxyl groups is 2. The quantitative estimate of drug-likeness (QED) is 0.238. The minimum Gasteiger partial charge on any atom is -0.391 e. The van der Waals surface area contributed by atoms with Crippen molar-refractivity contribution in [2.75, 3.05) is 63.0 Å². The summed E-state index contributed by atoms with van der Waals surface area (Å²) in [4.78, 5) is 38.1. The summed E-state index contributed by atoms with van der Waals surface area (Å²) in [5.74, 6) is 0.814. The maximum Gasteiger partial charge on any atom is 0.332 e. The molecule has 44 heavy (non-hydrogen) atoms. The Hall–Kier alpha value is -2.84. The van der Waals surface area contributed by atoms with E-state index in [0.29, 0.717) is 30.2 Å². The van der Waals surface area contributed by atoms with Crippen molar-refractivity contribution < 1.29 is 14.4 Å². The van der Waals surface area contributed by atoms with Gasteiger partial charge in [-0.3, -0.25) is 27.9 Å². The first-order valence-electron chi connectivity index (χ1n) is 15.8. The second kappa shape index (κ2) is 15.9. The summed E-state index contributed by atoms with van der Waals surface area (Å²) in [7, 11) is 1.85. The van der Waals surface area contributed by atoms with Gasteiger partial charge < -0.3 is 19.7 Å². The van der Waals surface area contributed by atoms with Gasteiger partial charge in [0.1, 0.15) is 0 Å². The highest BCUT2D eigenvalue weighted by Gasteiger charge is 2.26. The number of piperazine rings is 1. The molecular weight excluding hydrogens is 582 g/mol. The zero-order valence-electron chi connectivity index (χ0n) is 26.6. The third-order valence-corrected chi connectivity index (χ3v) is 9.81. The Morgan fingerprint density at radius 3 is 2.00 bits per heavy atom. The predicted octanol–water partition coefficient (Wildman–Crippen LogP) is 0.988. The van der Waals surface area contributed by atoms with Crippen molar-refractivity contribution in [3.8, 4) is 0 Å². The fourth-order valence-electron chi connectivity index (χ4n) is 5.77. The molecule has 3 aromatic rings. The number of aliphatic hydroxyl groups excluding tert-OH is 2. The number of anilines is 1. The molecule has 0 spiro atoms. The molecule has 0 amide bonds. The molecule has 0 bridgehead atoms. The van der Waals surface area contributed by atoms with Gasteiger partial charge in [-0.1, -0.05) is 44.9 Å². The lowest BCUT2D eigenvalue weighted by Gasteiger charge is -2.36. The number of rotatable bonds is 16. The van der Waals surface area contributed by atoms with Gasteiger partial charge in [-0.2, -0.15) is 4.98 Å². The number of unbranched alkanes of at least 4 members (excludes halogenated alkanes) is 2. The summed E-state index contributed by atoms with van der Waals surface area (Å²) < 4.78 is 16.9. The average Bonchev–Trinajstić information content (AvgIpc) is 3.39.